The lowest BCUT2D eigenvalue weighted by atomic mass is 9.88. The Morgan fingerprint density at radius 2 is 0.657 bits per heavy atom. The van der Waals surface area contributed by atoms with E-state index < -0.39 is 0 Å². The Morgan fingerprint density at radius 1 is 0.371 bits per heavy atom. The Bertz CT molecular complexity index is 476. The molecule has 0 saturated carbocycles. The van der Waals surface area contributed by atoms with Crippen LogP contribution in [-0.4, -0.2) is 0 Å². The fraction of sp³-hybridized carbons (Fsp3) is 0.829. The molecule has 35 heavy (non-hydrogen) atoms. The molecule has 204 valence electrons. The molecule has 0 fully saturated rings. The zero-order chi connectivity index (χ0) is 25.1. The fourth-order valence-corrected chi connectivity index (χ4v) is 5.67. The lowest BCUT2D eigenvalue weighted by Crippen LogP contribution is -1.99. The van der Waals surface area contributed by atoms with E-state index in [0.717, 1.165) is 5.92 Å². The summed E-state index contributed by atoms with van der Waals surface area (Å²) in [4.78, 5) is 0. The van der Waals surface area contributed by atoms with Crippen molar-refractivity contribution in [1.29, 1.82) is 0 Å². The van der Waals surface area contributed by atoms with Crippen molar-refractivity contribution in [1.82, 2.24) is 0 Å². The van der Waals surface area contributed by atoms with Gasteiger partial charge in [-0.1, -0.05) is 198 Å². The van der Waals surface area contributed by atoms with E-state index in [1.807, 2.05) is 0 Å². The van der Waals surface area contributed by atoms with Crippen LogP contribution in [0.1, 0.15) is 192 Å². The first-order chi connectivity index (χ1) is 17.4. The summed E-state index contributed by atoms with van der Waals surface area (Å²) in [5, 5.41) is 0. The van der Waals surface area contributed by atoms with Gasteiger partial charge in [0.05, 0.1) is 0 Å². The number of rotatable bonds is 27. The molecular weight excluding hydrogens is 420 g/mol. The van der Waals surface area contributed by atoms with E-state index in [9.17, 15) is 0 Å². The summed E-state index contributed by atoms with van der Waals surface area (Å²) in [6.07, 6.45) is 37.6. The predicted octanol–water partition coefficient (Wildman–Crippen LogP) is 13.0. The smallest absolute Gasteiger partial charge is 0.0162 e. The van der Waals surface area contributed by atoms with Gasteiger partial charge in [0, 0.05) is 0 Å². The summed E-state index contributed by atoms with van der Waals surface area (Å²) in [5.41, 5.74) is 1.60. The maximum Gasteiger partial charge on any atom is -0.0162 e. The first-order valence-corrected chi connectivity index (χ1v) is 16.4. The van der Waals surface area contributed by atoms with Gasteiger partial charge in [0.1, 0.15) is 0 Å². The number of unbranched alkanes of at least 4 members (excludes halogenated alkanes) is 22. The maximum atomic E-state index is 2.38. The van der Waals surface area contributed by atoms with Gasteiger partial charge in [-0.05, 0) is 24.3 Å². The quantitative estimate of drug-likeness (QED) is 0.109. The van der Waals surface area contributed by atoms with E-state index in [1.165, 1.54) is 167 Å². The SMILES string of the molecule is CCCCCCCCCCCCCCC(CCCCCCCCCCCCCC)c1ccccc1. The Balaban J connectivity index is 2.04. The molecule has 0 radical (unpaired) electrons. The Hall–Kier alpha value is -0.780. The third kappa shape index (κ3) is 21.0. The van der Waals surface area contributed by atoms with Gasteiger partial charge in [-0.2, -0.15) is 0 Å². The Labute approximate surface area is 222 Å². The van der Waals surface area contributed by atoms with Gasteiger partial charge >= 0.3 is 0 Å². The average Bonchev–Trinajstić information content (AvgIpc) is 2.89. The molecule has 1 aromatic rings. The second kappa shape index (κ2) is 26.3. The highest BCUT2D eigenvalue weighted by Crippen LogP contribution is 2.28. The van der Waals surface area contributed by atoms with E-state index in [-0.39, 0.29) is 0 Å². The lowest BCUT2D eigenvalue weighted by Gasteiger charge is -2.17. The minimum atomic E-state index is 0.794. The number of hydrogen-bond donors (Lipinski definition) is 0. The summed E-state index contributed by atoms with van der Waals surface area (Å²) >= 11 is 0. The zero-order valence-corrected chi connectivity index (χ0v) is 24.3. The van der Waals surface area contributed by atoms with Gasteiger partial charge in [-0.15, -0.1) is 0 Å². The molecule has 0 unspecified atom stereocenters. The van der Waals surface area contributed by atoms with Gasteiger partial charge in [-0.3, -0.25) is 0 Å². The van der Waals surface area contributed by atoms with Crippen molar-refractivity contribution < 1.29 is 0 Å². The van der Waals surface area contributed by atoms with E-state index in [4.69, 9.17) is 0 Å². The van der Waals surface area contributed by atoms with Gasteiger partial charge in [0.15, 0.2) is 0 Å². The highest BCUT2D eigenvalue weighted by molar-refractivity contribution is 5.19. The largest absolute Gasteiger partial charge is 0.0654 e. The van der Waals surface area contributed by atoms with Crippen LogP contribution in [0.3, 0.4) is 0 Å². The molecule has 1 aromatic carbocycles. The minimum Gasteiger partial charge on any atom is -0.0654 e. The number of hydrogen-bond acceptors (Lipinski definition) is 0. The van der Waals surface area contributed by atoms with Gasteiger partial charge in [0.25, 0.3) is 0 Å². The second-order valence-electron chi connectivity index (χ2n) is 11.5. The van der Waals surface area contributed by atoms with Crippen molar-refractivity contribution in [2.45, 2.75) is 187 Å². The molecule has 0 heterocycles. The van der Waals surface area contributed by atoms with E-state index in [2.05, 4.69) is 44.2 Å². The molecule has 0 aliphatic heterocycles. The van der Waals surface area contributed by atoms with E-state index in [0.29, 0.717) is 0 Å². The third-order valence-corrected chi connectivity index (χ3v) is 8.08. The van der Waals surface area contributed by atoms with Crippen molar-refractivity contribution in [3.63, 3.8) is 0 Å². The molecule has 0 heteroatoms. The predicted molar refractivity (Wildman–Crippen MR) is 161 cm³/mol. The number of benzene rings is 1. The lowest BCUT2D eigenvalue weighted by molar-refractivity contribution is 0.480. The molecular formula is C35H64. The van der Waals surface area contributed by atoms with Crippen LogP contribution in [0.2, 0.25) is 0 Å². The van der Waals surface area contributed by atoms with Crippen molar-refractivity contribution >= 4 is 0 Å². The van der Waals surface area contributed by atoms with Crippen LogP contribution in [-0.2, 0) is 0 Å². The molecule has 0 saturated heterocycles. The van der Waals surface area contributed by atoms with Gasteiger partial charge in [0.2, 0.25) is 0 Å². The first kappa shape index (κ1) is 32.2. The molecule has 0 aromatic heterocycles. The van der Waals surface area contributed by atoms with Crippen LogP contribution < -0.4 is 0 Å². The zero-order valence-electron chi connectivity index (χ0n) is 24.3. The monoisotopic (exact) mass is 485 g/mol. The summed E-state index contributed by atoms with van der Waals surface area (Å²) in [6, 6.07) is 11.4. The van der Waals surface area contributed by atoms with Crippen molar-refractivity contribution in [2.24, 2.45) is 0 Å². The molecule has 0 amide bonds. The molecule has 0 atom stereocenters. The highest BCUT2D eigenvalue weighted by Gasteiger charge is 2.11. The Morgan fingerprint density at radius 3 is 0.971 bits per heavy atom. The third-order valence-electron chi connectivity index (χ3n) is 8.08. The molecule has 0 spiro atoms. The topological polar surface area (TPSA) is 0 Å². The summed E-state index contributed by atoms with van der Waals surface area (Å²) in [6.45, 7) is 4.61. The summed E-state index contributed by atoms with van der Waals surface area (Å²) in [5.74, 6) is 0.794. The fourth-order valence-electron chi connectivity index (χ4n) is 5.67. The van der Waals surface area contributed by atoms with E-state index in [1.54, 1.807) is 5.56 Å². The van der Waals surface area contributed by atoms with Crippen molar-refractivity contribution in [2.75, 3.05) is 0 Å². The first-order valence-electron chi connectivity index (χ1n) is 16.4. The molecule has 0 aliphatic rings. The van der Waals surface area contributed by atoms with Crippen LogP contribution in [0.15, 0.2) is 30.3 Å². The molecule has 0 nitrogen and oxygen atoms in total. The van der Waals surface area contributed by atoms with Crippen molar-refractivity contribution in [3.8, 4) is 0 Å². The van der Waals surface area contributed by atoms with Gasteiger partial charge < -0.3 is 0 Å². The van der Waals surface area contributed by atoms with Gasteiger partial charge in [-0.25, -0.2) is 0 Å². The standard InChI is InChI=1S/C35H64/c1-3-5-7-9-11-13-15-17-19-21-23-26-30-34(35-32-28-25-29-33-35)31-27-24-22-20-18-16-14-12-10-8-6-4-2/h25,28-29,32-34H,3-24,26-27,30-31H2,1-2H3. The van der Waals surface area contributed by atoms with Crippen LogP contribution in [0.4, 0.5) is 0 Å². The minimum absolute atomic E-state index is 0.794. The summed E-state index contributed by atoms with van der Waals surface area (Å²) < 4.78 is 0. The van der Waals surface area contributed by atoms with Crippen LogP contribution >= 0.6 is 0 Å². The van der Waals surface area contributed by atoms with Crippen LogP contribution in [0.5, 0.6) is 0 Å². The second-order valence-corrected chi connectivity index (χ2v) is 11.5. The average molecular weight is 485 g/mol. The van der Waals surface area contributed by atoms with E-state index >= 15 is 0 Å². The highest BCUT2D eigenvalue weighted by atomic mass is 14.2. The maximum absolute atomic E-state index is 2.38. The molecule has 0 N–H and O–H groups in total. The normalized spacial score (nSPS) is 11.5. The van der Waals surface area contributed by atoms with Crippen LogP contribution in [0.25, 0.3) is 0 Å². The molecule has 0 aliphatic carbocycles. The van der Waals surface area contributed by atoms with Crippen molar-refractivity contribution in [3.05, 3.63) is 35.9 Å². The Kier molecular flexibility index (Phi) is 24.2. The molecule has 0 bridgehead atoms. The summed E-state index contributed by atoms with van der Waals surface area (Å²) in [7, 11) is 0. The van der Waals surface area contributed by atoms with Crippen LogP contribution in [0, 0.1) is 0 Å². The molecule has 1 rings (SSSR count).